The summed E-state index contributed by atoms with van der Waals surface area (Å²) in [7, 11) is 0. The molecule has 0 unspecified atom stereocenters. The topological polar surface area (TPSA) is 20.3 Å². The van der Waals surface area contributed by atoms with Gasteiger partial charge in [0.25, 0.3) is 0 Å². The molecule has 0 saturated carbocycles. The number of hydrogen-bond donors (Lipinski definition) is 0. The highest BCUT2D eigenvalue weighted by atomic mass is 35.5. The van der Waals surface area contributed by atoms with Crippen molar-refractivity contribution in [2.45, 2.75) is 17.8 Å². The summed E-state index contributed by atoms with van der Waals surface area (Å²) >= 11 is 12.5. The molecule has 0 aliphatic carbocycles. The Morgan fingerprint density at radius 1 is 1.42 bits per heavy atom. The molecule has 1 saturated heterocycles. The van der Waals surface area contributed by atoms with E-state index in [1.165, 1.54) is 0 Å². The van der Waals surface area contributed by atoms with Crippen molar-refractivity contribution in [3.05, 3.63) is 48.6 Å². The molecule has 4 heteroatoms. The Labute approximate surface area is 124 Å². The standard InChI is InChI=1S/C15H17Cl2NO/c1-2-8-15(17)13(9-16)11-18(14(15)19)10-12-6-4-3-5-7-12/h2-7,13H,1,8-11H2/t13-,15+/m1/s1. The van der Waals surface area contributed by atoms with E-state index in [1.807, 2.05) is 30.3 Å². The third kappa shape index (κ3) is 2.80. The van der Waals surface area contributed by atoms with Gasteiger partial charge in [-0.3, -0.25) is 4.79 Å². The predicted octanol–water partition coefficient (Wildman–Crippen LogP) is 3.44. The summed E-state index contributed by atoms with van der Waals surface area (Å²) < 4.78 is 0. The van der Waals surface area contributed by atoms with Crippen LogP contribution in [-0.4, -0.2) is 28.1 Å². The van der Waals surface area contributed by atoms with Crippen LogP contribution in [0.15, 0.2) is 43.0 Å². The van der Waals surface area contributed by atoms with Gasteiger partial charge in [-0.15, -0.1) is 29.8 Å². The van der Waals surface area contributed by atoms with E-state index < -0.39 is 4.87 Å². The molecule has 1 aliphatic rings. The molecule has 1 amide bonds. The van der Waals surface area contributed by atoms with Gasteiger partial charge in [0.1, 0.15) is 4.87 Å². The lowest BCUT2D eigenvalue weighted by atomic mass is 9.93. The highest BCUT2D eigenvalue weighted by Crippen LogP contribution is 2.39. The Balaban J connectivity index is 2.16. The van der Waals surface area contributed by atoms with Gasteiger partial charge in [0, 0.05) is 24.9 Å². The van der Waals surface area contributed by atoms with Gasteiger partial charge >= 0.3 is 0 Å². The minimum absolute atomic E-state index is 0.0370. The number of nitrogens with zero attached hydrogens (tertiary/aromatic N) is 1. The van der Waals surface area contributed by atoms with Crippen molar-refractivity contribution in [2.24, 2.45) is 5.92 Å². The van der Waals surface area contributed by atoms with Crippen LogP contribution in [0.2, 0.25) is 0 Å². The van der Waals surface area contributed by atoms with E-state index in [0.29, 0.717) is 25.4 Å². The third-order valence-corrected chi connectivity index (χ3v) is 4.57. The van der Waals surface area contributed by atoms with Crippen molar-refractivity contribution < 1.29 is 4.79 Å². The zero-order valence-electron chi connectivity index (χ0n) is 10.7. The largest absolute Gasteiger partial charge is 0.336 e. The number of halogens is 2. The summed E-state index contributed by atoms with van der Waals surface area (Å²) in [5, 5.41) is 0. The van der Waals surface area contributed by atoms with Crippen molar-refractivity contribution >= 4 is 29.1 Å². The molecule has 1 aromatic carbocycles. The quantitative estimate of drug-likeness (QED) is 0.602. The fourth-order valence-corrected chi connectivity index (χ4v) is 3.32. The van der Waals surface area contributed by atoms with Crippen LogP contribution in [0, 0.1) is 5.92 Å². The summed E-state index contributed by atoms with van der Waals surface area (Å²) in [6.45, 7) is 4.87. The minimum Gasteiger partial charge on any atom is -0.336 e. The highest BCUT2D eigenvalue weighted by Gasteiger charge is 2.51. The number of carbonyl (C=O) groups is 1. The van der Waals surface area contributed by atoms with E-state index in [4.69, 9.17) is 23.2 Å². The van der Waals surface area contributed by atoms with Crippen molar-refractivity contribution in [1.29, 1.82) is 0 Å². The smallest absolute Gasteiger partial charge is 0.244 e. The van der Waals surface area contributed by atoms with Gasteiger partial charge in [0.15, 0.2) is 0 Å². The number of allylic oxidation sites excluding steroid dienone is 1. The summed E-state index contributed by atoms with van der Waals surface area (Å²) in [5.74, 6) is 0.308. The van der Waals surface area contributed by atoms with Crippen molar-refractivity contribution in [3.63, 3.8) is 0 Å². The number of likely N-dealkylation sites (tertiary alicyclic amines) is 1. The fraction of sp³-hybridized carbons (Fsp3) is 0.400. The number of carbonyl (C=O) groups excluding carboxylic acids is 1. The van der Waals surface area contributed by atoms with Crippen LogP contribution in [0.1, 0.15) is 12.0 Å². The van der Waals surface area contributed by atoms with E-state index in [0.717, 1.165) is 5.56 Å². The number of hydrogen-bond acceptors (Lipinski definition) is 1. The van der Waals surface area contributed by atoms with E-state index in [1.54, 1.807) is 11.0 Å². The maximum Gasteiger partial charge on any atom is 0.244 e. The van der Waals surface area contributed by atoms with Gasteiger partial charge in [-0.05, 0) is 12.0 Å². The van der Waals surface area contributed by atoms with Crippen LogP contribution in [0.25, 0.3) is 0 Å². The summed E-state index contributed by atoms with van der Waals surface area (Å²) in [6.07, 6.45) is 2.15. The first-order chi connectivity index (χ1) is 9.11. The van der Waals surface area contributed by atoms with Gasteiger partial charge in [-0.2, -0.15) is 0 Å². The van der Waals surface area contributed by atoms with Crippen LogP contribution in [-0.2, 0) is 11.3 Å². The summed E-state index contributed by atoms with van der Waals surface area (Å²) in [4.78, 5) is 13.4. The monoisotopic (exact) mass is 297 g/mol. The molecule has 0 bridgehead atoms. The maximum atomic E-state index is 12.5. The lowest BCUT2D eigenvalue weighted by Crippen LogP contribution is -2.38. The second-order valence-electron chi connectivity index (χ2n) is 4.88. The Hall–Kier alpha value is -0.990. The third-order valence-electron chi connectivity index (χ3n) is 3.57. The molecular formula is C15H17Cl2NO. The molecule has 1 aromatic rings. The minimum atomic E-state index is -0.918. The van der Waals surface area contributed by atoms with E-state index >= 15 is 0 Å². The molecule has 0 aromatic heterocycles. The molecule has 2 nitrogen and oxygen atoms in total. The molecule has 1 heterocycles. The first-order valence-corrected chi connectivity index (χ1v) is 7.22. The molecule has 102 valence electrons. The molecule has 0 radical (unpaired) electrons. The molecule has 0 N–H and O–H groups in total. The van der Waals surface area contributed by atoms with Gasteiger partial charge in [0.05, 0.1) is 0 Å². The van der Waals surface area contributed by atoms with Gasteiger partial charge in [0.2, 0.25) is 5.91 Å². The number of benzene rings is 1. The Bertz CT molecular complexity index is 462. The summed E-state index contributed by atoms with van der Waals surface area (Å²) in [6, 6.07) is 9.90. The van der Waals surface area contributed by atoms with Crippen molar-refractivity contribution in [2.75, 3.05) is 12.4 Å². The maximum absolute atomic E-state index is 12.5. The Morgan fingerprint density at radius 3 is 2.68 bits per heavy atom. The molecule has 19 heavy (non-hydrogen) atoms. The van der Waals surface area contributed by atoms with Crippen molar-refractivity contribution in [3.8, 4) is 0 Å². The van der Waals surface area contributed by atoms with Crippen LogP contribution in [0.5, 0.6) is 0 Å². The number of rotatable bonds is 5. The first kappa shape index (κ1) is 14.4. The zero-order chi connectivity index (χ0) is 13.9. The van der Waals surface area contributed by atoms with Crippen LogP contribution < -0.4 is 0 Å². The predicted molar refractivity (Wildman–Crippen MR) is 79.5 cm³/mol. The number of amides is 1. The van der Waals surface area contributed by atoms with Crippen LogP contribution in [0.3, 0.4) is 0 Å². The Kier molecular flexibility index (Phi) is 4.54. The van der Waals surface area contributed by atoms with E-state index in [-0.39, 0.29) is 11.8 Å². The average molecular weight is 298 g/mol. The van der Waals surface area contributed by atoms with Gasteiger partial charge in [-0.25, -0.2) is 0 Å². The van der Waals surface area contributed by atoms with Gasteiger partial charge < -0.3 is 4.90 Å². The normalized spacial score (nSPS) is 26.7. The second-order valence-corrected chi connectivity index (χ2v) is 5.86. The lowest BCUT2D eigenvalue weighted by molar-refractivity contribution is -0.130. The molecule has 2 atom stereocenters. The lowest BCUT2D eigenvalue weighted by Gasteiger charge is -2.23. The SMILES string of the molecule is C=CC[C@@]1(Cl)C(=O)N(Cc2ccccc2)C[C@H]1CCl. The summed E-state index contributed by atoms with van der Waals surface area (Å²) in [5.41, 5.74) is 1.10. The van der Waals surface area contributed by atoms with E-state index in [2.05, 4.69) is 6.58 Å². The molecular weight excluding hydrogens is 281 g/mol. The van der Waals surface area contributed by atoms with Crippen LogP contribution >= 0.6 is 23.2 Å². The zero-order valence-corrected chi connectivity index (χ0v) is 12.2. The second kappa shape index (κ2) is 5.98. The van der Waals surface area contributed by atoms with Crippen molar-refractivity contribution in [1.82, 2.24) is 4.90 Å². The number of alkyl halides is 2. The average Bonchev–Trinajstić information content (AvgIpc) is 2.65. The molecule has 1 fully saturated rings. The highest BCUT2D eigenvalue weighted by molar-refractivity contribution is 6.36. The van der Waals surface area contributed by atoms with E-state index in [9.17, 15) is 4.79 Å². The molecule has 0 spiro atoms. The Morgan fingerprint density at radius 2 is 2.11 bits per heavy atom. The van der Waals surface area contributed by atoms with Gasteiger partial charge in [-0.1, -0.05) is 36.4 Å². The molecule has 1 aliphatic heterocycles. The first-order valence-electron chi connectivity index (χ1n) is 6.31. The molecule has 2 rings (SSSR count). The van der Waals surface area contributed by atoms with Crippen LogP contribution in [0.4, 0.5) is 0 Å². The fourth-order valence-electron chi connectivity index (χ4n) is 2.51.